The summed E-state index contributed by atoms with van der Waals surface area (Å²) in [6.07, 6.45) is 1.86. The van der Waals surface area contributed by atoms with Crippen LogP contribution in [0.4, 0.5) is 5.69 Å². The van der Waals surface area contributed by atoms with Gasteiger partial charge in [-0.25, -0.2) is 0 Å². The number of thiocarbonyl (C=S) groups is 1. The molecule has 1 heterocycles. The summed E-state index contributed by atoms with van der Waals surface area (Å²) < 4.78 is 6.06. The molecule has 122 valence electrons. The van der Waals surface area contributed by atoms with Crippen molar-refractivity contribution < 1.29 is 9.53 Å². The molecule has 0 bridgehead atoms. The van der Waals surface area contributed by atoms with Gasteiger partial charge in [-0.3, -0.25) is 9.69 Å². The van der Waals surface area contributed by atoms with Gasteiger partial charge < -0.3 is 4.74 Å². The molecule has 1 aliphatic rings. The van der Waals surface area contributed by atoms with Crippen LogP contribution in [0, 0.1) is 6.92 Å². The van der Waals surface area contributed by atoms with E-state index in [0.717, 1.165) is 22.6 Å². The maximum absolute atomic E-state index is 12.8. The lowest BCUT2D eigenvalue weighted by molar-refractivity contribution is -0.113. The Hall–Kier alpha value is -2.11. The smallest absolute Gasteiger partial charge is 0.270 e. The molecule has 1 fully saturated rings. The Balaban J connectivity index is 1.91. The monoisotopic (exact) mass is 355 g/mol. The van der Waals surface area contributed by atoms with Gasteiger partial charge in [-0.15, -0.1) is 0 Å². The van der Waals surface area contributed by atoms with Crippen LogP contribution in [-0.2, 0) is 4.79 Å². The van der Waals surface area contributed by atoms with Crippen molar-refractivity contribution in [1.82, 2.24) is 0 Å². The number of ether oxygens (including phenoxy) is 1. The third-order valence-corrected chi connectivity index (χ3v) is 4.92. The van der Waals surface area contributed by atoms with Gasteiger partial charge in [0.05, 0.1) is 17.2 Å². The summed E-state index contributed by atoms with van der Waals surface area (Å²) in [6.45, 7) is 4.53. The largest absolute Gasteiger partial charge is 0.494 e. The van der Waals surface area contributed by atoms with Gasteiger partial charge in [-0.1, -0.05) is 54.3 Å². The van der Waals surface area contributed by atoms with Crippen LogP contribution in [-0.4, -0.2) is 16.8 Å². The molecule has 2 aromatic carbocycles. The zero-order chi connectivity index (χ0) is 17.1. The molecule has 0 atom stereocenters. The molecule has 0 saturated carbocycles. The summed E-state index contributed by atoms with van der Waals surface area (Å²) >= 11 is 6.75. The Bertz CT molecular complexity index is 830. The van der Waals surface area contributed by atoms with Crippen molar-refractivity contribution in [3.63, 3.8) is 0 Å². The standard InChI is InChI=1S/C19H17NO2S2/c1-3-22-15-9-6-8-14(11-15)12-17-18(21)20(19(23)24-17)16-10-5-4-7-13(16)2/h4-12H,3H2,1-2H3/b17-12-. The quantitative estimate of drug-likeness (QED) is 0.582. The van der Waals surface area contributed by atoms with E-state index in [4.69, 9.17) is 17.0 Å². The molecule has 1 saturated heterocycles. The highest BCUT2D eigenvalue weighted by atomic mass is 32.2. The van der Waals surface area contributed by atoms with Crippen molar-refractivity contribution >= 4 is 46.0 Å². The van der Waals surface area contributed by atoms with Crippen LogP contribution in [0.1, 0.15) is 18.1 Å². The van der Waals surface area contributed by atoms with Crippen molar-refractivity contribution in [2.24, 2.45) is 0 Å². The Labute approximate surface area is 151 Å². The van der Waals surface area contributed by atoms with Gasteiger partial charge >= 0.3 is 0 Å². The van der Waals surface area contributed by atoms with E-state index in [9.17, 15) is 4.79 Å². The minimum atomic E-state index is -0.0823. The normalized spacial score (nSPS) is 16.1. The Kier molecular flexibility index (Phi) is 5.02. The van der Waals surface area contributed by atoms with E-state index in [1.54, 1.807) is 4.90 Å². The molecule has 1 amide bonds. The highest BCUT2D eigenvalue weighted by Gasteiger charge is 2.33. The number of benzene rings is 2. The van der Waals surface area contributed by atoms with Crippen LogP contribution in [0.15, 0.2) is 53.4 Å². The second-order valence-electron chi connectivity index (χ2n) is 5.31. The van der Waals surface area contributed by atoms with Crippen molar-refractivity contribution in [1.29, 1.82) is 0 Å². The van der Waals surface area contributed by atoms with E-state index in [1.165, 1.54) is 11.8 Å². The molecule has 2 aromatic rings. The van der Waals surface area contributed by atoms with Crippen molar-refractivity contribution in [2.75, 3.05) is 11.5 Å². The molecular formula is C19H17NO2S2. The van der Waals surface area contributed by atoms with Crippen molar-refractivity contribution in [3.05, 3.63) is 64.6 Å². The molecule has 1 aliphatic heterocycles. The maximum Gasteiger partial charge on any atom is 0.270 e. The molecule has 24 heavy (non-hydrogen) atoms. The minimum Gasteiger partial charge on any atom is -0.494 e. The fraction of sp³-hybridized carbons (Fsp3) is 0.158. The average Bonchev–Trinajstić information content (AvgIpc) is 2.83. The van der Waals surface area contributed by atoms with E-state index >= 15 is 0 Å². The highest BCUT2D eigenvalue weighted by Crippen LogP contribution is 2.37. The number of rotatable bonds is 4. The van der Waals surface area contributed by atoms with Crippen molar-refractivity contribution in [2.45, 2.75) is 13.8 Å². The second kappa shape index (κ2) is 7.20. The lowest BCUT2D eigenvalue weighted by Gasteiger charge is -2.16. The van der Waals surface area contributed by atoms with Gasteiger partial charge in [0.15, 0.2) is 4.32 Å². The van der Waals surface area contributed by atoms with E-state index in [2.05, 4.69) is 0 Å². The molecule has 5 heteroatoms. The zero-order valence-electron chi connectivity index (χ0n) is 13.5. The molecule has 3 nitrogen and oxygen atoms in total. The average molecular weight is 355 g/mol. The Morgan fingerprint density at radius 1 is 1.21 bits per heavy atom. The fourth-order valence-corrected chi connectivity index (χ4v) is 3.79. The van der Waals surface area contributed by atoms with Gasteiger partial charge in [0.2, 0.25) is 0 Å². The van der Waals surface area contributed by atoms with Gasteiger partial charge in [0, 0.05) is 0 Å². The molecule has 0 radical (unpaired) electrons. The number of thioether (sulfide) groups is 1. The first-order valence-electron chi connectivity index (χ1n) is 7.66. The van der Waals surface area contributed by atoms with Crippen LogP contribution in [0.25, 0.3) is 6.08 Å². The van der Waals surface area contributed by atoms with Crippen molar-refractivity contribution in [3.8, 4) is 5.75 Å². The predicted molar refractivity (Wildman–Crippen MR) is 104 cm³/mol. The number of para-hydroxylation sites is 1. The van der Waals surface area contributed by atoms with E-state index in [-0.39, 0.29) is 5.91 Å². The molecule has 0 aromatic heterocycles. The first-order valence-corrected chi connectivity index (χ1v) is 8.89. The lowest BCUT2D eigenvalue weighted by Crippen LogP contribution is -2.28. The number of anilines is 1. The molecule has 0 unspecified atom stereocenters. The summed E-state index contributed by atoms with van der Waals surface area (Å²) in [5.41, 5.74) is 2.78. The zero-order valence-corrected chi connectivity index (χ0v) is 15.1. The molecule has 0 N–H and O–H groups in total. The summed E-state index contributed by atoms with van der Waals surface area (Å²) in [6, 6.07) is 15.4. The van der Waals surface area contributed by atoms with Gasteiger partial charge in [-0.2, -0.15) is 0 Å². The number of carbonyl (C=O) groups is 1. The number of amides is 1. The maximum atomic E-state index is 12.8. The first kappa shape index (κ1) is 16.7. The van der Waals surface area contributed by atoms with Crippen LogP contribution >= 0.6 is 24.0 Å². The fourth-order valence-electron chi connectivity index (χ4n) is 2.50. The third-order valence-electron chi connectivity index (χ3n) is 3.62. The highest BCUT2D eigenvalue weighted by molar-refractivity contribution is 8.27. The first-order chi connectivity index (χ1) is 11.6. The summed E-state index contributed by atoms with van der Waals surface area (Å²) in [5.74, 6) is 0.710. The Morgan fingerprint density at radius 3 is 2.75 bits per heavy atom. The van der Waals surface area contributed by atoms with Crippen LogP contribution in [0.5, 0.6) is 5.75 Å². The third kappa shape index (κ3) is 3.37. The van der Waals surface area contributed by atoms with Crippen LogP contribution < -0.4 is 9.64 Å². The predicted octanol–water partition coefficient (Wildman–Crippen LogP) is 4.80. The molecule has 0 aliphatic carbocycles. The van der Waals surface area contributed by atoms with E-state index in [0.29, 0.717) is 15.8 Å². The second-order valence-corrected chi connectivity index (χ2v) is 6.98. The minimum absolute atomic E-state index is 0.0823. The van der Waals surface area contributed by atoms with E-state index < -0.39 is 0 Å². The van der Waals surface area contributed by atoms with Crippen LogP contribution in [0.2, 0.25) is 0 Å². The number of carbonyl (C=O) groups excluding carboxylic acids is 1. The topological polar surface area (TPSA) is 29.5 Å². The number of hydrogen-bond acceptors (Lipinski definition) is 4. The van der Waals surface area contributed by atoms with E-state index in [1.807, 2.05) is 68.5 Å². The molecule has 3 rings (SSSR count). The molecule has 0 spiro atoms. The summed E-state index contributed by atoms with van der Waals surface area (Å²) in [7, 11) is 0. The van der Waals surface area contributed by atoms with Gasteiger partial charge in [0.1, 0.15) is 5.75 Å². The Morgan fingerprint density at radius 2 is 2.00 bits per heavy atom. The molecular weight excluding hydrogens is 338 g/mol. The van der Waals surface area contributed by atoms with Crippen LogP contribution in [0.3, 0.4) is 0 Å². The number of hydrogen-bond donors (Lipinski definition) is 0. The lowest BCUT2D eigenvalue weighted by atomic mass is 10.1. The number of nitrogens with zero attached hydrogens (tertiary/aromatic N) is 1. The number of aryl methyl sites for hydroxylation is 1. The summed E-state index contributed by atoms with van der Waals surface area (Å²) in [4.78, 5) is 15.0. The van der Waals surface area contributed by atoms with Gasteiger partial charge in [0.25, 0.3) is 5.91 Å². The SMILES string of the molecule is CCOc1cccc(/C=C2\SC(=S)N(c3ccccc3C)C2=O)c1. The summed E-state index contributed by atoms with van der Waals surface area (Å²) in [5, 5.41) is 0. The van der Waals surface area contributed by atoms with Gasteiger partial charge in [-0.05, 0) is 49.2 Å².